The molecule has 0 atom stereocenters. The van der Waals surface area contributed by atoms with Gasteiger partial charge in [0, 0.05) is 30.5 Å². The summed E-state index contributed by atoms with van der Waals surface area (Å²) in [4.78, 5) is 23.3. The molecule has 1 aliphatic heterocycles. The molecule has 3 aromatic rings. The van der Waals surface area contributed by atoms with Crippen molar-refractivity contribution in [2.45, 2.75) is 25.2 Å². The largest absolute Gasteiger partial charge is 0.481 e. The summed E-state index contributed by atoms with van der Waals surface area (Å²) >= 11 is 6.02. The van der Waals surface area contributed by atoms with Crippen LogP contribution in [0.2, 0.25) is 5.02 Å². The Labute approximate surface area is 197 Å². The quantitative estimate of drug-likeness (QED) is 0.567. The molecular weight excluding hydrogens is 440 g/mol. The van der Waals surface area contributed by atoms with Crippen LogP contribution in [0.3, 0.4) is 0 Å². The summed E-state index contributed by atoms with van der Waals surface area (Å²) in [6.45, 7) is 3.38. The second-order valence-electron chi connectivity index (χ2n) is 7.87. The number of benzene rings is 1. The molecule has 2 aromatic heterocycles. The fourth-order valence-electron chi connectivity index (χ4n) is 4.30. The van der Waals surface area contributed by atoms with Crippen molar-refractivity contribution in [3.05, 3.63) is 71.0 Å². The molecule has 8 heteroatoms. The fraction of sp³-hybridized carbons (Fsp3) is 0.280. The normalized spacial score (nSPS) is 15.0. The SMILES string of the molecule is CCOc1ncccc1-c1ccc(C2(C(=O)O)CCN(c3ccc(Cl)cc3C#N)CC2)cn1. The number of carboxylic acids is 1. The van der Waals surface area contributed by atoms with E-state index in [1.807, 2.05) is 42.2 Å². The van der Waals surface area contributed by atoms with E-state index in [1.165, 1.54) is 0 Å². The topological polar surface area (TPSA) is 99.3 Å². The van der Waals surface area contributed by atoms with Gasteiger partial charge in [-0.3, -0.25) is 9.78 Å². The predicted octanol–water partition coefficient (Wildman–Crippen LogP) is 4.69. The molecule has 168 valence electrons. The molecule has 33 heavy (non-hydrogen) atoms. The van der Waals surface area contributed by atoms with Crippen molar-refractivity contribution in [3.63, 3.8) is 0 Å². The van der Waals surface area contributed by atoms with E-state index < -0.39 is 11.4 Å². The highest BCUT2D eigenvalue weighted by Crippen LogP contribution is 2.39. The molecule has 0 radical (unpaired) electrons. The number of hydrogen-bond acceptors (Lipinski definition) is 6. The Kier molecular flexibility index (Phi) is 6.47. The molecule has 1 fully saturated rings. The van der Waals surface area contributed by atoms with Gasteiger partial charge in [-0.2, -0.15) is 5.26 Å². The van der Waals surface area contributed by atoms with Crippen LogP contribution in [0.25, 0.3) is 11.3 Å². The highest BCUT2D eigenvalue weighted by Gasteiger charge is 2.43. The summed E-state index contributed by atoms with van der Waals surface area (Å²) in [5.41, 5.74) is 2.31. The van der Waals surface area contributed by atoms with E-state index in [9.17, 15) is 15.2 Å². The molecule has 0 bridgehead atoms. The second-order valence-corrected chi connectivity index (χ2v) is 8.31. The van der Waals surface area contributed by atoms with Gasteiger partial charge in [0.05, 0.1) is 34.5 Å². The van der Waals surface area contributed by atoms with Gasteiger partial charge in [0.25, 0.3) is 0 Å². The van der Waals surface area contributed by atoms with Crippen molar-refractivity contribution in [1.29, 1.82) is 5.26 Å². The zero-order valence-electron chi connectivity index (χ0n) is 18.2. The number of anilines is 1. The first-order valence-electron chi connectivity index (χ1n) is 10.7. The molecule has 1 saturated heterocycles. The number of nitrogens with zero attached hydrogens (tertiary/aromatic N) is 4. The number of aromatic nitrogens is 2. The van der Waals surface area contributed by atoms with E-state index in [2.05, 4.69) is 16.0 Å². The molecule has 0 saturated carbocycles. The third-order valence-corrected chi connectivity index (χ3v) is 6.33. The zero-order chi connectivity index (χ0) is 23.4. The van der Waals surface area contributed by atoms with Crippen molar-refractivity contribution in [3.8, 4) is 23.2 Å². The van der Waals surface area contributed by atoms with Crippen LogP contribution in [0.1, 0.15) is 30.9 Å². The Bertz CT molecular complexity index is 1200. The number of rotatable bonds is 6. The van der Waals surface area contributed by atoms with Crippen LogP contribution in [-0.2, 0) is 10.2 Å². The maximum absolute atomic E-state index is 12.4. The molecule has 7 nitrogen and oxygen atoms in total. The van der Waals surface area contributed by atoms with Gasteiger partial charge < -0.3 is 14.7 Å². The zero-order valence-corrected chi connectivity index (χ0v) is 18.9. The van der Waals surface area contributed by atoms with Gasteiger partial charge >= 0.3 is 5.97 Å². The average Bonchev–Trinajstić information content (AvgIpc) is 2.84. The number of halogens is 1. The van der Waals surface area contributed by atoms with Crippen molar-refractivity contribution in [1.82, 2.24) is 9.97 Å². The van der Waals surface area contributed by atoms with Gasteiger partial charge in [-0.15, -0.1) is 0 Å². The van der Waals surface area contributed by atoms with Crippen LogP contribution in [0.5, 0.6) is 5.88 Å². The first-order valence-corrected chi connectivity index (χ1v) is 11.1. The van der Waals surface area contributed by atoms with E-state index in [-0.39, 0.29) is 0 Å². The summed E-state index contributed by atoms with van der Waals surface area (Å²) in [7, 11) is 0. The van der Waals surface area contributed by atoms with Crippen LogP contribution in [0, 0.1) is 11.3 Å². The molecule has 0 amide bonds. The maximum atomic E-state index is 12.4. The molecule has 0 spiro atoms. The number of pyridine rings is 2. The molecule has 1 aromatic carbocycles. The van der Waals surface area contributed by atoms with Gasteiger partial charge in [-0.25, -0.2) is 4.98 Å². The van der Waals surface area contributed by atoms with Crippen molar-refractivity contribution >= 4 is 23.3 Å². The number of ether oxygens (including phenoxy) is 1. The second kappa shape index (κ2) is 9.47. The number of carbonyl (C=O) groups is 1. The Morgan fingerprint density at radius 2 is 2.03 bits per heavy atom. The highest BCUT2D eigenvalue weighted by molar-refractivity contribution is 6.30. The first kappa shape index (κ1) is 22.6. The summed E-state index contributed by atoms with van der Waals surface area (Å²) < 4.78 is 5.59. The molecule has 1 N–H and O–H groups in total. The smallest absolute Gasteiger partial charge is 0.314 e. The lowest BCUT2D eigenvalue weighted by molar-refractivity contribution is -0.144. The van der Waals surface area contributed by atoms with Crippen molar-refractivity contribution in [2.24, 2.45) is 0 Å². The van der Waals surface area contributed by atoms with Crippen molar-refractivity contribution in [2.75, 3.05) is 24.6 Å². The fourth-order valence-corrected chi connectivity index (χ4v) is 4.47. The van der Waals surface area contributed by atoms with E-state index >= 15 is 0 Å². The number of nitriles is 1. The lowest BCUT2D eigenvalue weighted by atomic mass is 9.73. The molecule has 1 aliphatic rings. The van der Waals surface area contributed by atoms with E-state index in [0.717, 1.165) is 11.3 Å². The molecule has 4 rings (SSSR count). The monoisotopic (exact) mass is 462 g/mol. The van der Waals surface area contributed by atoms with Gasteiger partial charge in [-0.05, 0) is 61.7 Å². The lowest BCUT2D eigenvalue weighted by Gasteiger charge is -2.40. The standard InChI is InChI=1S/C25H23ClN4O3/c1-2-33-23-20(4-3-11-28-23)21-7-5-18(16-29-21)25(24(31)32)9-12-30(13-10-25)22-8-6-19(26)14-17(22)15-27/h3-8,11,14,16H,2,9-10,12-13H2,1H3,(H,31,32). The van der Waals surface area contributed by atoms with Crippen molar-refractivity contribution < 1.29 is 14.6 Å². The molecular formula is C25H23ClN4O3. The number of aliphatic carboxylic acids is 1. The summed E-state index contributed by atoms with van der Waals surface area (Å²) in [6.07, 6.45) is 4.10. The Morgan fingerprint density at radius 1 is 1.24 bits per heavy atom. The van der Waals surface area contributed by atoms with Crippen LogP contribution in [0.15, 0.2) is 54.9 Å². The van der Waals surface area contributed by atoms with E-state index in [1.54, 1.807) is 24.5 Å². The van der Waals surface area contributed by atoms with Gasteiger partial charge in [0.2, 0.25) is 5.88 Å². The van der Waals surface area contributed by atoms with Gasteiger partial charge in [0.15, 0.2) is 0 Å². The Morgan fingerprint density at radius 3 is 2.67 bits per heavy atom. The van der Waals surface area contributed by atoms with Gasteiger partial charge in [-0.1, -0.05) is 17.7 Å². The summed E-state index contributed by atoms with van der Waals surface area (Å²) in [5.74, 6) is -0.373. The third kappa shape index (κ3) is 4.35. The average molecular weight is 463 g/mol. The van der Waals surface area contributed by atoms with E-state index in [0.29, 0.717) is 60.3 Å². The molecule has 3 heterocycles. The summed E-state index contributed by atoms with van der Waals surface area (Å²) in [5, 5.41) is 20.2. The third-order valence-electron chi connectivity index (χ3n) is 6.09. The highest BCUT2D eigenvalue weighted by atomic mass is 35.5. The summed E-state index contributed by atoms with van der Waals surface area (Å²) in [6, 6.07) is 14.7. The van der Waals surface area contributed by atoms with Gasteiger partial charge in [0.1, 0.15) is 6.07 Å². The lowest BCUT2D eigenvalue weighted by Crippen LogP contribution is -2.47. The minimum atomic E-state index is -1.04. The maximum Gasteiger partial charge on any atom is 0.314 e. The van der Waals surface area contributed by atoms with Crippen LogP contribution < -0.4 is 9.64 Å². The predicted molar refractivity (Wildman–Crippen MR) is 126 cm³/mol. The van der Waals surface area contributed by atoms with Crippen LogP contribution >= 0.6 is 11.6 Å². The number of carboxylic acid groups (broad SMARTS) is 1. The number of hydrogen-bond donors (Lipinski definition) is 1. The Balaban J connectivity index is 1.59. The minimum absolute atomic E-state index is 0.397. The first-order chi connectivity index (χ1) is 16.0. The molecule has 0 unspecified atom stereocenters. The Hall–Kier alpha value is -3.63. The van der Waals surface area contributed by atoms with Crippen LogP contribution in [0.4, 0.5) is 5.69 Å². The van der Waals surface area contributed by atoms with E-state index in [4.69, 9.17) is 16.3 Å². The van der Waals surface area contributed by atoms with Crippen LogP contribution in [-0.4, -0.2) is 40.7 Å². The minimum Gasteiger partial charge on any atom is -0.481 e. The molecule has 0 aliphatic carbocycles. The number of piperidine rings is 1.